The fourth-order valence-corrected chi connectivity index (χ4v) is 6.36. The summed E-state index contributed by atoms with van der Waals surface area (Å²) in [6.45, 7) is 2.38. The number of rotatable bonds is 2. The Labute approximate surface area is 195 Å². The molecule has 2 heteroatoms. The molecule has 0 saturated carbocycles. The standard InChI is InChI=1S/C31H28N2/c1-21-17-18-22-19-31(21)33(28-14-5-2-11-25(22)28)24-10-8-9-23(20-24)32-29-15-6-3-12-26(29)27-13-4-7-16-30(27)32/h2-4,6-13,15-18,20-22,31H,5,14,19H2,1H3. The van der Waals surface area contributed by atoms with Crippen LogP contribution in [0.3, 0.4) is 0 Å². The molecule has 3 aliphatic rings. The van der Waals surface area contributed by atoms with Crippen LogP contribution in [0.1, 0.15) is 26.2 Å². The summed E-state index contributed by atoms with van der Waals surface area (Å²) in [7, 11) is 0. The van der Waals surface area contributed by atoms with Gasteiger partial charge >= 0.3 is 0 Å². The molecule has 162 valence electrons. The Bertz CT molecular complexity index is 1430. The van der Waals surface area contributed by atoms with Crippen molar-refractivity contribution in [3.63, 3.8) is 0 Å². The molecule has 4 aromatic rings. The van der Waals surface area contributed by atoms with Crippen LogP contribution in [-0.2, 0) is 0 Å². The average molecular weight is 429 g/mol. The summed E-state index contributed by atoms with van der Waals surface area (Å²) in [6, 6.07) is 27.3. The van der Waals surface area contributed by atoms with Crippen molar-refractivity contribution in [1.82, 2.24) is 4.57 Å². The molecule has 2 bridgehead atoms. The number of hydrogen-bond acceptors (Lipinski definition) is 1. The Kier molecular flexibility index (Phi) is 4.17. The van der Waals surface area contributed by atoms with Crippen LogP contribution in [0.15, 0.2) is 108 Å². The third kappa shape index (κ3) is 2.80. The zero-order chi connectivity index (χ0) is 21.9. The molecule has 0 N–H and O–H groups in total. The molecule has 33 heavy (non-hydrogen) atoms. The van der Waals surface area contributed by atoms with Gasteiger partial charge in [-0.2, -0.15) is 0 Å². The first-order valence-corrected chi connectivity index (χ1v) is 12.3. The third-order valence-electron chi connectivity index (χ3n) is 7.90. The van der Waals surface area contributed by atoms with Gasteiger partial charge in [0.1, 0.15) is 0 Å². The number of nitrogens with zero attached hydrogens (tertiary/aromatic N) is 2. The van der Waals surface area contributed by atoms with Gasteiger partial charge in [-0.1, -0.05) is 73.7 Å². The molecule has 1 aliphatic heterocycles. The Balaban J connectivity index is 1.43. The predicted octanol–water partition coefficient (Wildman–Crippen LogP) is 7.79. The monoisotopic (exact) mass is 428 g/mol. The highest BCUT2D eigenvalue weighted by Crippen LogP contribution is 2.45. The Morgan fingerprint density at radius 1 is 0.788 bits per heavy atom. The second-order valence-electron chi connectivity index (χ2n) is 9.76. The van der Waals surface area contributed by atoms with Crippen molar-refractivity contribution < 1.29 is 0 Å². The predicted molar refractivity (Wildman–Crippen MR) is 139 cm³/mol. The molecule has 1 aromatic heterocycles. The smallest absolute Gasteiger partial charge is 0.0541 e. The average Bonchev–Trinajstić information content (AvgIpc) is 3.21. The van der Waals surface area contributed by atoms with E-state index in [1.54, 1.807) is 0 Å². The largest absolute Gasteiger partial charge is 0.341 e. The van der Waals surface area contributed by atoms with Crippen LogP contribution in [0.2, 0.25) is 0 Å². The molecule has 7 rings (SSSR count). The molecule has 2 aliphatic carbocycles. The van der Waals surface area contributed by atoms with Gasteiger partial charge in [0.05, 0.1) is 11.0 Å². The van der Waals surface area contributed by atoms with E-state index >= 15 is 0 Å². The Hall–Kier alpha value is -3.52. The molecule has 3 aromatic carbocycles. The van der Waals surface area contributed by atoms with E-state index in [9.17, 15) is 0 Å². The van der Waals surface area contributed by atoms with Crippen LogP contribution < -0.4 is 4.90 Å². The van der Waals surface area contributed by atoms with Crippen LogP contribution >= 0.6 is 0 Å². The minimum Gasteiger partial charge on any atom is -0.341 e. The number of para-hydroxylation sites is 2. The molecule has 2 nitrogen and oxygen atoms in total. The Morgan fingerprint density at radius 2 is 1.52 bits per heavy atom. The van der Waals surface area contributed by atoms with Gasteiger partial charge in [0.15, 0.2) is 0 Å². The maximum Gasteiger partial charge on any atom is 0.0541 e. The minimum atomic E-state index is 0.527. The van der Waals surface area contributed by atoms with Gasteiger partial charge in [0.25, 0.3) is 0 Å². The van der Waals surface area contributed by atoms with Gasteiger partial charge in [-0.25, -0.2) is 0 Å². The van der Waals surface area contributed by atoms with E-state index in [2.05, 4.69) is 113 Å². The number of benzene rings is 3. The fraction of sp³-hybridized carbons (Fsp3) is 0.226. The lowest BCUT2D eigenvalue weighted by Crippen LogP contribution is -2.46. The zero-order valence-electron chi connectivity index (χ0n) is 19.0. The number of aromatic nitrogens is 1. The van der Waals surface area contributed by atoms with Gasteiger partial charge in [-0.15, -0.1) is 0 Å². The molecule has 0 saturated heterocycles. The maximum atomic E-state index is 2.68. The highest BCUT2D eigenvalue weighted by atomic mass is 15.2. The van der Waals surface area contributed by atoms with Crippen molar-refractivity contribution >= 4 is 27.5 Å². The van der Waals surface area contributed by atoms with Crippen molar-refractivity contribution in [1.29, 1.82) is 0 Å². The van der Waals surface area contributed by atoms with Crippen molar-refractivity contribution in [3.8, 4) is 5.69 Å². The van der Waals surface area contributed by atoms with E-state index in [0.717, 1.165) is 12.8 Å². The van der Waals surface area contributed by atoms with Gasteiger partial charge in [-0.05, 0) is 61.1 Å². The third-order valence-corrected chi connectivity index (χ3v) is 7.90. The first kappa shape index (κ1) is 19.0. The summed E-state index contributed by atoms with van der Waals surface area (Å²) in [4.78, 5) is 2.68. The molecule has 0 spiro atoms. The van der Waals surface area contributed by atoms with E-state index in [-0.39, 0.29) is 0 Å². The van der Waals surface area contributed by atoms with E-state index in [1.807, 2.05) is 0 Å². The van der Waals surface area contributed by atoms with E-state index in [4.69, 9.17) is 0 Å². The lowest BCUT2D eigenvalue weighted by atomic mass is 9.74. The first-order chi connectivity index (χ1) is 16.3. The summed E-state index contributed by atoms with van der Waals surface area (Å²) in [6.07, 6.45) is 13.1. The second-order valence-corrected chi connectivity index (χ2v) is 9.76. The summed E-state index contributed by atoms with van der Waals surface area (Å²) < 4.78 is 2.43. The lowest BCUT2D eigenvalue weighted by Gasteiger charge is -2.48. The highest BCUT2D eigenvalue weighted by Gasteiger charge is 2.38. The first-order valence-electron chi connectivity index (χ1n) is 12.3. The maximum absolute atomic E-state index is 2.68. The minimum absolute atomic E-state index is 0.527. The zero-order valence-corrected chi connectivity index (χ0v) is 19.0. The molecule has 0 amide bonds. The number of allylic oxidation sites excluding steroid dienone is 5. The fourth-order valence-electron chi connectivity index (χ4n) is 6.36. The van der Waals surface area contributed by atoms with Crippen molar-refractivity contribution in [2.75, 3.05) is 4.90 Å². The summed E-state index contributed by atoms with van der Waals surface area (Å²) >= 11 is 0. The molecule has 0 fully saturated rings. The SMILES string of the molecule is CC1C=CC2CC1N(c1cccc(-n3c4ccccc4c4ccccc43)c1)C1=C2C=CCC1. The van der Waals surface area contributed by atoms with E-state index in [1.165, 1.54) is 50.9 Å². The molecular weight excluding hydrogens is 400 g/mol. The highest BCUT2D eigenvalue weighted by molar-refractivity contribution is 6.09. The number of hydrogen-bond donors (Lipinski definition) is 0. The van der Waals surface area contributed by atoms with Crippen molar-refractivity contribution in [2.24, 2.45) is 11.8 Å². The second kappa shape index (κ2) is 7.25. The quantitative estimate of drug-likeness (QED) is 0.296. The summed E-state index contributed by atoms with van der Waals surface area (Å²) in [5.74, 6) is 1.13. The van der Waals surface area contributed by atoms with Crippen LogP contribution in [0, 0.1) is 11.8 Å². The molecule has 0 radical (unpaired) electrons. The number of anilines is 1. The van der Waals surface area contributed by atoms with Crippen LogP contribution in [0.5, 0.6) is 0 Å². The van der Waals surface area contributed by atoms with Gasteiger partial charge in [0, 0.05) is 39.8 Å². The Morgan fingerprint density at radius 3 is 2.30 bits per heavy atom. The summed E-state index contributed by atoms with van der Waals surface area (Å²) in [5.41, 5.74) is 8.16. The lowest BCUT2D eigenvalue weighted by molar-refractivity contribution is 0.396. The van der Waals surface area contributed by atoms with Crippen LogP contribution in [0.25, 0.3) is 27.5 Å². The summed E-state index contributed by atoms with van der Waals surface area (Å²) in [5, 5.41) is 2.63. The molecule has 2 heterocycles. The molecule has 3 unspecified atom stereocenters. The number of fused-ring (bicyclic) bond motifs is 6. The molecule has 3 atom stereocenters. The van der Waals surface area contributed by atoms with Crippen LogP contribution in [0.4, 0.5) is 5.69 Å². The van der Waals surface area contributed by atoms with Gasteiger partial charge < -0.3 is 9.47 Å². The van der Waals surface area contributed by atoms with E-state index < -0.39 is 0 Å². The van der Waals surface area contributed by atoms with Crippen molar-refractivity contribution in [3.05, 3.63) is 108 Å². The normalized spacial score (nSPS) is 24.0. The topological polar surface area (TPSA) is 8.17 Å². The van der Waals surface area contributed by atoms with Crippen LogP contribution in [-0.4, -0.2) is 10.6 Å². The van der Waals surface area contributed by atoms with Gasteiger partial charge in [-0.3, -0.25) is 0 Å². The molecular formula is C31H28N2. The van der Waals surface area contributed by atoms with Crippen molar-refractivity contribution in [2.45, 2.75) is 32.2 Å². The van der Waals surface area contributed by atoms with E-state index in [0.29, 0.717) is 17.9 Å². The van der Waals surface area contributed by atoms with Gasteiger partial charge in [0.2, 0.25) is 0 Å².